The highest BCUT2D eigenvalue weighted by atomic mass is 15.0. The predicted molar refractivity (Wildman–Crippen MR) is 266 cm³/mol. The molecule has 0 radical (unpaired) electrons. The molecule has 0 aliphatic heterocycles. The summed E-state index contributed by atoms with van der Waals surface area (Å²) in [4.78, 5) is 0. The standard InChI is InChI=1S/C60H38N2/c1-4-12-39(13-5-1)48-32-49-34-50(33-48)43-17-11-15-41(31-43)45-23-27-58-54(36-45)56-38-47(25-29-60(56)62(58)52-20-8-3-9-21-52)46-24-28-59-55(37-46)53-35-44(40-14-10-16-42(49)30-40)22-26-57(53)61(59)51-18-6-2-7-19-51/h1-38H. The van der Waals surface area contributed by atoms with Crippen molar-refractivity contribution in [3.05, 3.63) is 231 Å². The van der Waals surface area contributed by atoms with Crippen molar-refractivity contribution in [1.29, 1.82) is 0 Å². The first-order valence-electron chi connectivity index (χ1n) is 21.4. The van der Waals surface area contributed by atoms with Crippen molar-refractivity contribution in [2.75, 3.05) is 0 Å². The Hall–Kier alpha value is -8.20. The second-order valence-corrected chi connectivity index (χ2v) is 16.6. The molecule has 0 aliphatic carbocycles. The summed E-state index contributed by atoms with van der Waals surface area (Å²) in [6.45, 7) is 0. The summed E-state index contributed by atoms with van der Waals surface area (Å²) in [5.74, 6) is 0. The van der Waals surface area contributed by atoms with Crippen LogP contribution in [0.5, 0.6) is 0 Å². The van der Waals surface area contributed by atoms with Gasteiger partial charge in [0.25, 0.3) is 0 Å². The van der Waals surface area contributed by atoms with Gasteiger partial charge >= 0.3 is 0 Å². The minimum Gasteiger partial charge on any atom is -0.309 e. The number of nitrogens with zero attached hydrogens (tertiary/aromatic N) is 2. The van der Waals surface area contributed by atoms with Crippen LogP contribution in [0, 0.1) is 0 Å². The van der Waals surface area contributed by atoms with Crippen molar-refractivity contribution < 1.29 is 0 Å². The first-order valence-corrected chi connectivity index (χ1v) is 21.4. The lowest BCUT2D eigenvalue weighted by Gasteiger charge is -2.08. The van der Waals surface area contributed by atoms with Crippen molar-refractivity contribution in [1.82, 2.24) is 9.13 Å². The van der Waals surface area contributed by atoms with Crippen LogP contribution in [0.4, 0.5) is 0 Å². The van der Waals surface area contributed by atoms with Crippen LogP contribution in [0.15, 0.2) is 231 Å². The number of para-hydroxylation sites is 2. The second kappa shape index (κ2) is 13.7. The molecule has 14 bridgehead atoms. The highest BCUT2D eigenvalue weighted by Gasteiger charge is 2.16. The van der Waals surface area contributed by atoms with E-state index in [0.29, 0.717) is 0 Å². The van der Waals surface area contributed by atoms with E-state index < -0.39 is 0 Å². The Morgan fingerprint density at radius 1 is 0.194 bits per heavy atom. The van der Waals surface area contributed by atoms with Gasteiger partial charge < -0.3 is 9.13 Å². The van der Waals surface area contributed by atoms with Crippen molar-refractivity contribution >= 4 is 97.5 Å². The van der Waals surface area contributed by atoms with E-state index in [1.54, 1.807) is 0 Å². The maximum atomic E-state index is 2.41. The summed E-state index contributed by atoms with van der Waals surface area (Å²) in [7, 11) is 0. The smallest absolute Gasteiger partial charge is 0.0541 e. The summed E-state index contributed by atoms with van der Waals surface area (Å²) < 4.78 is 4.83. The van der Waals surface area contributed by atoms with Gasteiger partial charge in [0.2, 0.25) is 0 Å². The molecule has 2 nitrogen and oxygen atoms in total. The second-order valence-electron chi connectivity index (χ2n) is 16.6. The van der Waals surface area contributed by atoms with Crippen LogP contribution in [0.3, 0.4) is 0 Å². The molecule has 2 aromatic heterocycles. The molecule has 11 aromatic carbocycles. The molecule has 0 amide bonds. The van der Waals surface area contributed by atoms with E-state index in [1.807, 2.05) is 0 Å². The fourth-order valence-electron chi connectivity index (χ4n) is 9.99. The maximum absolute atomic E-state index is 2.41. The van der Waals surface area contributed by atoms with Gasteiger partial charge in [0.15, 0.2) is 0 Å². The number of fused-ring (bicyclic) bond motifs is 15. The van der Waals surface area contributed by atoms with Crippen LogP contribution < -0.4 is 0 Å². The number of aromatic nitrogens is 2. The molecule has 0 N–H and O–H groups in total. The summed E-state index contributed by atoms with van der Waals surface area (Å²) in [6.07, 6.45) is 0. The molecule has 13 aromatic rings. The maximum Gasteiger partial charge on any atom is 0.0541 e. The highest BCUT2D eigenvalue weighted by molar-refractivity contribution is 6.17. The Morgan fingerprint density at radius 2 is 0.500 bits per heavy atom. The molecule has 2 heteroatoms. The van der Waals surface area contributed by atoms with Crippen LogP contribution in [0.1, 0.15) is 0 Å². The molecule has 0 saturated carbocycles. The Kier molecular flexibility index (Phi) is 7.64. The molecule has 0 aliphatic rings. The van der Waals surface area contributed by atoms with E-state index in [-0.39, 0.29) is 0 Å². The van der Waals surface area contributed by atoms with E-state index in [0.717, 1.165) is 11.4 Å². The number of benzene rings is 10. The minimum atomic E-state index is 1.15. The summed E-state index contributed by atoms with van der Waals surface area (Å²) in [5, 5.41) is 16.9. The van der Waals surface area contributed by atoms with Gasteiger partial charge in [0.05, 0.1) is 22.1 Å². The molecule has 288 valence electrons. The molecule has 13 rings (SSSR count). The Bertz CT molecular complexity index is 3770. The topological polar surface area (TPSA) is 9.86 Å². The van der Waals surface area contributed by atoms with Gasteiger partial charge in [-0.05, 0) is 168 Å². The Labute approximate surface area is 358 Å². The lowest BCUT2D eigenvalue weighted by Crippen LogP contribution is -1.92. The van der Waals surface area contributed by atoms with Gasteiger partial charge in [-0.2, -0.15) is 0 Å². The van der Waals surface area contributed by atoms with E-state index in [2.05, 4.69) is 240 Å². The summed E-state index contributed by atoms with van der Waals surface area (Å²) >= 11 is 0. The third-order valence-electron chi connectivity index (χ3n) is 13.0. The van der Waals surface area contributed by atoms with Crippen molar-refractivity contribution in [2.45, 2.75) is 0 Å². The van der Waals surface area contributed by atoms with Gasteiger partial charge in [-0.15, -0.1) is 0 Å². The average Bonchev–Trinajstić information content (AvgIpc) is 3.86. The van der Waals surface area contributed by atoms with Crippen LogP contribution in [0.2, 0.25) is 0 Å². The van der Waals surface area contributed by atoms with Crippen LogP contribution in [-0.2, 0) is 0 Å². The van der Waals surface area contributed by atoms with E-state index in [1.165, 1.54) is 109 Å². The SMILES string of the molecule is c1ccc(-c2cc3cc(c2)c2cccc(c2)c2ccc4c(c2)c2cc(ccc2n4-c2ccccc2)c2ccc4c(c2)c2cc(ccc2n4-c2ccccc2)c2cccc3c2)cc1. The zero-order valence-corrected chi connectivity index (χ0v) is 33.8. The molecule has 0 spiro atoms. The number of hydrogen-bond donors (Lipinski definition) is 0. The fraction of sp³-hybridized carbons (Fsp3) is 0. The molecule has 0 atom stereocenters. The van der Waals surface area contributed by atoms with E-state index >= 15 is 0 Å². The Morgan fingerprint density at radius 3 is 0.871 bits per heavy atom. The van der Waals surface area contributed by atoms with E-state index in [9.17, 15) is 0 Å². The summed E-state index contributed by atoms with van der Waals surface area (Å²) in [5.41, 5.74) is 9.48. The molecular formula is C60H38N2. The van der Waals surface area contributed by atoms with Crippen LogP contribution >= 0.6 is 0 Å². The summed E-state index contributed by atoms with van der Waals surface area (Å²) in [6, 6.07) is 85.5. The first-order chi connectivity index (χ1) is 30.7. The molecule has 2 heterocycles. The van der Waals surface area contributed by atoms with Crippen LogP contribution in [-0.4, -0.2) is 9.13 Å². The fourth-order valence-corrected chi connectivity index (χ4v) is 9.99. The van der Waals surface area contributed by atoms with Gasteiger partial charge in [-0.1, -0.05) is 127 Å². The zero-order valence-electron chi connectivity index (χ0n) is 33.8. The first kappa shape index (κ1) is 34.6. The normalized spacial score (nSPS) is 11.9. The lowest BCUT2D eigenvalue weighted by atomic mass is 9.98. The molecule has 0 unspecified atom stereocenters. The molecule has 62 heavy (non-hydrogen) atoms. The lowest BCUT2D eigenvalue weighted by molar-refractivity contribution is 1.18. The number of hydrogen-bond acceptors (Lipinski definition) is 0. The van der Waals surface area contributed by atoms with Gasteiger partial charge in [0, 0.05) is 32.9 Å². The monoisotopic (exact) mass is 786 g/mol. The molecule has 0 saturated heterocycles. The van der Waals surface area contributed by atoms with Crippen molar-refractivity contribution in [2.24, 2.45) is 0 Å². The van der Waals surface area contributed by atoms with Crippen molar-refractivity contribution in [3.8, 4) is 22.5 Å². The third kappa shape index (κ3) is 5.51. The van der Waals surface area contributed by atoms with E-state index in [4.69, 9.17) is 0 Å². The van der Waals surface area contributed by atoms with Crippen molar-refractivity contribution in [3.63, 3.8) is 0 Å². The molecular weight excluding hydrogens is 749 g/mol. The quantitative estimate of drug-likeness (QED) is 0.169. The highest BCUT2D eigenvalue weighted by Crippen LogP contribution is 2.39. The van der Waals surface area contributed by atoms with Gasteiger partial charge in [0.1, 0.15) is 0 Å². The predicted octanol–water partition coefficient (Wildman–Crippen LogP) is 16.4. The largest absolute Gasteiger partial charge is 0.309 e. The molecule has 0 fully saturated rings. The minimum absolute atomic E-state index is 1.15. The number of rotatable bonds is 3. The Balaban J connectivity index is 1.22. The van der Waals surface area contributed by atoms with Gasteiger partial charge in [-0.3, -0.25) is 0 Å². The average molecular weight is 787 g/mol. The third-order valence-corrected chi connectivity index (χ3v) is 13.0. The van der Waals surface area contributed by atoms with Crippen LogP contribution in [0.25, 0.3) is 120 Å². The van der Waals surface area contributed by atoms with Gasteiger partial charge in [-0.25, -0.2) is 0 Å². The zero-order chi connectivity index (χ0) is 40.7.